The number of nitrogens with one attached hydrogen (secondary N) is 1. The predicted octanol–water partition coefficient (Wildman–Crippen LogP) is 2.49. The molecule has 2 rings (SSSR count). The number of benzene rings is 1. The molecule has 0 aliphatic rings. The summed E-state index contributed by atoms with van der Waals surface area (Å²) in [7, 11) is 3.13. The molecule has 1 aromatic heterocycles. The largest absolute Gasteiger partial charge is 0.497 e. The minimum absolute atomic E-state index is 0.113. The molecule has 0 bridgehead atoms. The van der Waals surface area contributed by atoms with E-state index in [1.807, 2.05) is 12.1 Å². The fourth-order valence-electron chi connectivity index (χ4n) is 2.17. The molecule has 0 fully saturated rings. The zero-order valence-electron chi connectivity index (χ0n) is 13.6. The molecule has 7 heteroatoms. The molecule has 0 radical (unpaired) electrons. The lowest BCUT2D eigenvalue weighted by atomic mass is 10.0. The van der Waals surface area contributed by atoms with Gasteiger partial charge in [0.05, 0.1) is 19.8 Å². The molecule has 0 aliphatic carbocycles. The molecule has 0 aliphatic heterocycles. The van der Waals surface area contributed by atoms with E-state index in [0.29, 0.717) is 11.5 Å². The maximum Gasteiger partial charge on any atom is 0.318 e. The number of carbonyl (C=O) groups excluding carboxylic acids is 1. The van der Waals surface area contributed by atoms with E-state index in [-0.39, 0.29) is 19.0 Å². The van der Waals surface area contributed by atoms with E-state index in [0.717, 1.165) is 5.56 Å². The van der Waals surface area contributed by atoms with E-state index in [4.69, 9.17) is 14.3 Å². The molecule has 0 saturated heterocycles. The number of aliphatic carboxylic acids is 1. The number of carboxylic acids is 1. The topological polar surface area (TPSA) is 92.0 Å². The Balaban J connectivity index is 2.15. The first-order valence-electron chi connectivity index (χ1n) is 7.42. The third kappa shape index (κ3) is 4.52. The molecule has 1 aromatic carbocycles. The Morgan fingerprint density at radius 2 is 2.00 bits per heavy atom. The van der Waals surface area contributed by atoms with E-state index in [1.165, 1.54) is 11.2 Å². The standard InChI is InChI=1S/C17H20N2O5/c1-19(10-9-15(20)21)17(22)18-16(14-4-3-11-24-14)12-5-7-13(23-2)8-6-12/h3-8,11,16H,9-10H2,1-2H3,(H,18,22)(H,20,21). The van der Waals surface area contributed by atoms with E-state index < -0.39 is 12.0 Å². The lowest BCUT2D eigenvalue weighted by molar-refractivity contribution is -0.137. The number of furan rings is 1. The third-order valence-electron chi connectivity index (χ3n) is 3.55. The summed E-state index contributed by atoms with van der Waals surface area (Å²) in [4.78, 5) is 24.3. The molecular weight excluding hydrogens is 312 g/mol. The van der Waals surface area contributed by atoms with Crippen LogP contribution in [0.5, 0.6) is 5.75 Å². The lowest BCUT2D eigenvalue weighted by Crippen LogP contribution is -2.40. The summed E-state index contributed by atoms with van der Waals surface area (Å²) in [5, 5.41) is 11.6. The second-order valence-electron chi connectivity index (χ2n) is 5.24. The first-order chi connectivity index (χ1) is 11.5. The van der Waals surface area contributed by atoms with Gasteiger partial charge in [0, 0.05) is 13.6 Å². The minimum atomic E-state index is -0.951. The molecule has 0 saturated carbocycles. The second kappa shape index (κ2) is 8.05. The first kappa shape index (κ1) is 17.4. The molecule has 24 heavy (non-hydrogen) atoms. The SMILES string of the molecule is COc1ccc(C(NC(=O)N(C)CCC(=O)O)c2ccco2)cc1. The van der Waals surface area contributed by atoms with Crippen LogP contribution in [-0.2, 0) is 4.79 Å². The molecule has 1 atom stereocenters. The highest BCUT2D eigenvalue weighted by atomic mass is 16.5. The van der Waals surface area contributed by atoms with Crippen LogP contribution in [-0.4, -0.2) is 42.7 Å². The van der Waals surface area contributed by atoms with Crippen LogP contribution in [0.3, 0.4) is 0 Å². The molecule has 2 aromatic rings. The van der Waals surface area contributed by atoms with Gasteiger partial charge in [-0.3, -0.25) is 4.79 Å². The van der Waals surface area contributed by atoms with Crippen molar-refractivity contribution >= 4 is 12.0 Å². The highest BCUT2D eigenvalue weighted by Crippen LogP contribution is 2.24. The summed E-state index contributed by atoms with van der Waals surface area (Å²) in [6.45, 7) is 0.120. The Labute approximate surface area is 139 Å². The Morgan fingerprint density at radius 1 is 1.29 bits per heavy atom. The first-order valence-corrected chi connectivity index (χ1v) is 7.42. The van der Waals surface area contributed by atoms with Crippen molar-refractivity contribution in [2.75, 3.05) is 20.7 Å². The number of methoxy groups -OCH3 is 1. The van der Waals surface area contributed by atoms with Crippen LogP contribution in [0.15, 0.2) is 47.1 Å². The zero-order chi connectivity index (χ0) is 17.5. The van der Waals surface area contributed by atoms with Crippen LogP contribution in [0.2, 0.25) is 0 Å². The fraction of sp³-hybridized carbons (Fsp3) is 0.294. The number of nitrogens with zero attached hydrogens (tertiary/aromatic N) is 1. The monoisotopic (exact) mass is 332 g/mol. The summed E-state index contributed by atoms with van der Waals surface area (Å²) in [5.41, 5.74) is 0.825. The molecule has 1 heterocycles. The number of urea groups is 1. The van der Waals surface area contributed by atoms with Crippen LogP contribution < -0.4 is 10.1 Å². The molecule has 2 amide bonds. The molecule has 128 valence electrons. The van der Waals surface area contributed by atoms with E-state index in [9.17, 15) is 9.59 Å². The quantitative estimate of drug-likeness (QED) is 0.813. The molecular formula is C17H20N2O5. The van der Waals surface area contributed by atoms with Crippen molar-refractivity contribution < 1.29 is 23.8 Å². The van der Waals surface area contributed by atoms with Gasteiger partial charge >= 0.3 is 12.0 Å². The fourth-order valence-corrected chi connectivity index (χ4v) is 2.17. The Hall–Kier alpha value is -2.96. The van der Waals surface area contributed by atoms with Crippen molar-refractivity contribution in [3.8, 4) is 5.75 Å². The van der Waals surface area contributed by atoms with Crippen molar-refractivity contribution in [2.45, 2.75) is 12.5 Å². The van der Waals surface area contributed by atoms with Gasteiger partial charge < -0.3 is 24.5 Å². The van der Waals surface area contributed by atoms with Gasteiger partial charge in [-0.2, -0.15) is 0 Å². The van der Waals surface area contributed by atoms with Crippen molar-refractivity contribution in [1.82, 2.24) is 10.2 Å². The number of amides is 2. The van der Waals surface area contributed by atoms with Crippen molar-refractivity contribution in [3.05, 3.63) is 54.0 Å². The van der Waals surface area contributed by atoms with Crippen molar-refractivity contribution in [2.24, 2.45) is 0 Å². The Kier molecular flexibility index (Phi) is 5.83. The Morgan fingerprint density at radius 3 is 2.54 bits per heavy atom. The number of hydrogen-bond donors (Lipinski definition) is 2. The molecule has 7 nitrogen and oxygen atoms in total. The van der Waals surface area contributed by atoms with Crippen LogP contribution in [0.4, 0.5) is 4.79 Å². The maximum absolute atomic E-state index is 12.3. The molecule has 2 N–H and O–H groups in total. The van der Waals surface area contributed by atoms with Crippen molar-refractivity contribution in [3.63, 3.8) is 0 Å². The van der Waals surface area contributed by atoms with Crippen LogP contribution in [0.1, 0.15) is 23.8 Å². The molecule has 1 unspecified atom stereocenters. The highest BCUT2D eigenvalue weighted by Gasteiger charge is 2.21. The smallest absolute Gasteiger partial charge is 0.318 e. The van der Waals surface area contributed by atoms with E-state index in [1.54, 1.807) is 38.4 Å². The lowest BCUT2D eigenvalue weighted by Gasteiger charge is -2.22. The summed E-state index contributed by atoms with van der Waals surface area (Å²) in [6.07, 6.45) is 1.42. The van der Waals surface area contributed by atoms with Gasteiger partial charge in [0.15, 0.2) is 0 Å². The van der Waals surface area contributed by atoms with Gasteiger partial charge in [-0.25, -0.2) is 4.79 Å². The average molecular weight is 332 g/mol. The maximum atomic E-state index is 12.3. The van der Waals surface area contributed by atoms with Gasteiger partial charge in [0.2, 0.25) is 0 Å². The second-order valence-corrected chi connectivity index (χ2v) is 5.24. The average Bonchev–Trinajstić information content (AvgIpc) is 3.11. The minimum Gasteiger partial charge on any atom is -0.497 e. The van der Waals surface area contributed by atoms with Gasteiger partial charge in [-0.15, -0.1) is 0 Å². The summed E-state index contributed by atoms with van der Waals surface area (Å²) in [5.74, 6) is 0.342. The van der Waals surface area contributed by atoms with Crippen LogP contribution in [0.25, 0.3) is 0 Å². The summed E-state index contributed by atoms with van der Waals surface area (Å²) in [6, 6.07) is 9.92. The van der Waals surface area contributed by atoms with Crippen LogP contribution >= 0.6 is 0 Å². The van der Waals surface area contributed by atoms with E-state index >= 15 is 0 Å². The zero-order valence-corrected chi connectivity index (χ0v) is 13.6. The van der Waals surface area contributed by atoms with Crippen molar-refractivity contribution in [1.29, 1.82) is 0 Å². The highest BCUT2D eigenvalue weighted by molar-refractivity contribution is 5.76. The van der Waals surface area contributed by atoms with Crippen LogP contribution in [0, 0.1) is 0 Å². The predicted molar refractivity (Wildman–Crippen MR) is 87.0 cm³/mol. The van der Waals surface area contributed by atoms with Gasteiger partial charge in [0.25, 0.3) is 0 Å². The van der Waals surface area contributed by atoms with Gasteiger partial charge in [0.1, 0.15) is 17.6 Å². The van der Waals surface area contributed by atoms with Gasteiger partial charge in [-0.1, -0.05) is 12.1 Å². The number of carboxylic acid groups (broad SMARTS) is 1. The third-order valence-corrected chi connectivity index (χ3v) is 3.55. The molecule has 0 spiro atoms. The Bertz CT molecular complexity index is 667. The summed E-state index contributed by atoms with van der Waals surface area (Å²) < 4.78 is 10.6. The number of ether oxygens (including phenoxy) is 1. The van der Waals surface area contributed by atoms with E-state index in [2.05, 4.69) is 5.32 Å². The van der Waals surface area contributed by atoms with Gasteiger partial charge in [-0.05, 0) is 29.8 Å². The number of carbonyl (C=O) groups is 2. The summed E-state index contributed by atoms with van der Waals surface area (Å²) >= 11 is 0. The number of rotatable bonds is 7. The normalized spacial score (nSPS) is 11.6. The number of hydrogen-bond acceptors (Lipinski definition) is 4.